The number of aliphatic hydroxyl groups excluding tert-OH is 1. The van der Waals surface area contributed by atoms with E-state index in [-0.39, 0.29) is 12.5 Å². The quantitative estimate of drug-likeness (QED) is 0.640. The van der Waals surface area contributed by atoms with Crippen molar-refractivity contribution in [3.63, 3.8) is 0 Å². The fourth-order valence-electron chi connectivity index (χ4n) is 1.14. The van der Waals surface area contributed by atoms with Crippen molar-refractivity contribution >= 4 is 6.47 Å². The number of hydrogen-bond donors (Lipinski definition) is 2. The Kier molecular flexibility index (Phi) is 3.45. The predicted molar refractivity (Wildman–Crippen MR) is 44.9 cm³/mol. The number of nitrogens with zero attached hydrogens (tertiary/aromatic N) is 1. The summed E-state index contributed by atoms with van der Waals surface area (Å²) in [6.45, 7) is 2.53. The van der Waals surface area contributed by atoms with Crippen molar-refractivity contribution < 1.29 is 14.6 Å². The van der Waals surface area contributed by atoms with Crippen LogP contribution in [-0.4, -0.2) is 28.4 Å². The molecule has 1 aromatic rings. The van der Waals surface area contributed by atoms with E-state index in [9.17, 15) is 4.79 Å². The van der Waals surface area contributed by atoms with E-state index in [1.165, 1.54) is 0 Å². The third-order valence-corrected chi connectivity index (χ3v) is 1.83. The van der Waals surface area contributed by atoms with Gasteiger partial charge in [-0.05, 0) is 0 Å². The first kappa shape index (κ1) is 9.73. The van der Waals surface area contributed by atoms with Gasteiger partial charge in [-0.2, -0.15) is 5.10 Å². The predicted octanol–water partition coefficient (Wildman–Crippen LogP) is 0.178. The molecule has 0 spiro atoms. The lowest BCUT2D eigenvalue weighted by Gasteiger charge is -2.08. The van der Waals surface area contributed by atoms with Crippen molar-refractivity contribution in [1.82, 2.24) is 10.2 Å². The first-order chi connectivity index (χ1) is 6.29. The third-order valence-electron chi connectivity index (χ3n) is 1.83. The number of aromatic amines is 1. The molecule has 72 valence electrons. The van der Waals surface area contributed by atoms with Crippen LogP contribution in [0.2, 0.25) is 0 Å². The molecule has 0 bridgehead atoms. The SMILES string of the molecule is CC(COC=O)c1[nH]ncc1CO. The summed E-state index contributed by atoms with van der Waals surface area (Å²) < 4.78 is 4.61. The summed E-state index contributed by atoms with van der Waals surface area (Å²) in [6, 6.07) is 0. The second-order valence-electron chi connectivity index (χ2n) is 2.80. The summed E-state index contributed by atoms with van der Waals surface area (Å²) in [4.78, 5) is 9.94. The summed E-state index contributed by atoms with van der Waals surface area (Å²) in [6.07, 6.45) is 1.56. The first-order valence-electron chi connectivity index (χ1n) is 3.97. The average molecular weight is 184 g/mol. The van der Waals surface area contributed by atoms with Gasteiger partial charge in [0.25, 0.3) is 6.47 Å². The molecule has 0 saturated heterocycles. The zero-order chi connectivity index (χ0) is 9.68. The maximum absolute atomic E-state index is 9.94. The lowest BCUT2D eigenvalue weighted by Crippen LogP contribution is -2.06. The molecule has 1 unspecified atom stereocenters. The highest BCUT2D eigenvalue weighted by Gasteiger charge is 2.12. The highest BCUT2D eigenvalue weighted by Crippen LogP contribution is 2.16. The first-order valence-corrected chi connectivity index (χ1v) is 3.97. The van der Waals surface area contributed by atoms with E-state index in [1.54, 1.807) is 6.20 Å². The molecule has 5 nitrogen and oxygen atoms in total. The summed E-state index contributed by atoms with van der Waals surface area (Å²) in [7, 11) is 0. The summed E-state index contributed by atoms with van der Waals surface area (Å²) >= 11 is 0. The summed E-state index contributed by atoms with van der Waals surface area (Å²) in [5, 5.41) is 15.5. The highest BCUT2D eigenvalue weighted by molar-refractivity contribution is 5.37. The minimum absolute atomic E-state index is 0.0230. The van der Waals surface area contributed by atoms with Gasteiger partial charge in [-0.25, -0.2) is 0 Å². The van der Waals surface area contributed by atoms with E-state index in [0.29, 0.717) is 13.1 Å². The van der Waals surface area contributed by atoms with Crippen LogP contribution >= 0.6 is 0 Å². The average Bonchev–Trinajstić information content (AvgIpc) is 2.61. The van der Waals surface area contributed by atoms with E-state index >= 15 is 0 Å². The lowest BCUT2D eigenvalue weighted by atomic mass is 10.1. The number of H-pyrrole nitrogens is 1. The molecule has 13 heavy (non-hydrogen) atoms. The molecule has 0 aliphatic rings. The van der Waals surface area contributed by atoms with E-state index in [0.717, 1.165) is 11.3 Å². The second kappa shape index (κ2) is 4.61. The second-order valence-corrected chi connectivity index (χ2v) is 2.80. The Bertz CT molecular complexity index is 272. The van der Waals surface area contributed by atoms with Crippen LogP contribution in [0, 0.1) is 0 Å². The van der Waals surface area contributed by atoms with Crippen LogP contribution in [0.25, 0.3) is 0 Å². The van der Waals surface area contributed by atoms with Gasteiger partial charge in [-0.1, -0.05) is 6.92 Å². The topological polar surface area (TPSA) is 75.2 Å². The molecule has 0 aromatic carbocycles. The maximum Gasteiger partial charge on any atom is 0.293 e. The Hall–Kier alpha value is -1.36. The van der Waals surface area contributed by atoms with Gasteiger partial charge >= 0.3 is 0 Å². The van der Waals surface area contributed by atoms with Gasteiger partial charge in [-0.3, -0.25) is 9.89 Å². The standard InChI is InChI=1S/C8H12N2O3/c1-6(4-13-5-12)8-7(3-11)2-9-10-8/h2,5-6,11H,3-4H2,1H3,(H,9,10). The van der Waals surface area contributed by atoms with Crippen molar-refractivity contribution in [2.45, 2.75) is 19.4 Å². The molecule has 0 amide bonds. The number of aliphatic hydroxyl groups is 1. The van der Waals surface area contributed by atoms with Gasteiger partial charge in [0.1, 0.15) is 0 Å². The van der Waals surface area contributed by atoms with Crippen molar-refractivity contribution in [1.29, 1.82) is 0 Å². The van der Waals surface area contributed by atoms with Crippen LogP contribution in [0.15, 0.2) is 6.20 Å². The number of nitrogens with one attached hydrogen (secondary N) is 1. The molecule has 1 aromatic heterocycles. The number of ether oxygens (including phenoxy) is 1. The van der Waals surface area contributed by atoms with Crippen LogP contribution < -0.4 is 0 Å². The van der Waals surface area contributed by atoms with Gasteiger partial charge in [-0.15, -0.1) is 0 Å². The number of carbonyl (C=O) groups is 1. The molecular weight excluding hydrogens is 172 g/mol. The van der Waals surface area contributed by atoms with E-state index in [2.05, 4.69) is 14.9 Å². The maximum atomic E-state index is 9.94. The molecule has 0 saturated carbocycles. The molecule has 0 aliphatic heterocycles. The van der Waals surface area contributed by atoms with Crippen LogP contribution in [0.3, 0.4) is 0 Å². The zero-order valence-corrected chi connectivity index (χ0v) is 7.36. The molecule has 1 atom stereocenters. The Balaban J connectivity index is 2.63. The Morgan fingerprint density at radius 2 is 2.62 bits per heavy atom. The van der Waals surface area contributed by atoms with Gasteiger partial charge in [0.05, 0.1) is 19.4 Å². The molecule has 1 rings (SSSR count). The number of aromatic nitrogens is 2. The number of hydrogen-bond acceptors (Lipinski definition) is 4. The number of carbonyl (C=O) groups excluding carboxylic acids is 1. The monoisotopic (exact) mass is 184 g/mol. The Morgan fingerprint density at radius 3 is 3.23 bits per heavy atom. The van der Waals surface area contributed by atoms with Crippen molar-refractivity contribution in [3.8, 4) is 0 Å². The Morgan fingerprint density at radius 1 is 1.85 bits per heavy atom. The molecular formula is C8H12N2O3. The van der Waals surface area contributed by atoms with Crippen LogP contribution in [0.5, 0.6) is 0 Å². The van der Waals surface area contributed by atoms with Gasteiger partial charge in [0.15, 0.2) is 0 Å². The molecule has 5 heteroatoms. The molecule has 0 radical (unpaired) electrons. The lowest BCUT2D eigenvalue weighted by molar-refractivity contribution is -0.129. The smallest absolute Gasteiger partial charge is 0.293 e. The minimum Gasteiger partial charge on any atom is -0.467 e. The highest BCUT2D eigenvalue weighted by atomic mass is 16.5. The van der Waals surface area contributed by atoms with Crippen molar-refractivity contribution in [3.05, 3.63) is 17.5 Å². The Labute approximate surface area is 75.7 Å². The van der Waals surface area contributed by atoms with Gasteiger partial charge < -0.3 is 9.84 Å². The fraction of sp³-hybridized carbons (Fsp3) is 0.500. The van der Waals surface area contributed by atoms with Crippen LogP contribution in [-0.2, 0) is 16.1 Å². The minimum atomic E-state index is -0.0583. The summed E-state index contributed by atoms with van der Waals surface area (Å²) in [5.41, 5.74) is 1.55. The van der Waals surface area contributed by atoms with Crippen molar-refractivity contribution in [2.75, 3.05) is 6.61 Å². The van der Waals surface area contributed by atoms with Crippen LogP contribution in [0.4, 0.5) is 0 Å². The van der Waals surface area contributed by atoms with Gasteiger partial charge in [0, 0.05) is 17.2 Å². The zero-order valence-electron chi connectivity index (χ0n) is 7.36. The van der Waals surface area contributed by atoms with E-state index < -0.39 is 0 Å². The summed E-state index contributed by atoms with van der Waals surface area (Å²) in [5.74, 6) is 0.0230. The van der Waals surface area contributed by atoms with Gasteiger partial charge in [0.2, 0.25) is 0 Å². The molecule has 0 aliphatic carbocycles. The molecule has 2 N–H and O–H groups in total. The normalized spacial score (nSPS) is 12.5. The number of rotatable bonds is 5. The van der Waals surface area contributed by atoms with Crippen LogP contribution in [0.1, 0.15) is 24.1 Å². The van der Waals surface area contributed by atoms with E-state index in [4.69, 9.17) is 5.11 Å². The largest absolute Gasteiger partial charge is 0.467 e. The fourth-order valence-corrected chi connectivity index (χ4v) is 1.14. The molecule has 1 heterocycles. The van der Waals surface area contributed by atoms with Crippen molar-refractivity contribution in [2.24, 2.45) is 0 Å². The molecule has 0 fully saturated rings. The third kappa shape index (κ3) is 2.29. The van der Waals surface area contributed by atoms with E-state index in [1.807, 2.05) is 6.92 Å².